The molecule has 0 aromatic carbocycles. The summed E-state index contributed by atoms with van der Waals surface area (Å²) < 4.78 is 4.77. The lowest BCUT2D eigenvalue weighted by Gasteiger charge is -2.31. The first kappa shape index (κ1) is 16.2. The van der Waals surface area contributed by atoms with Gasteiger partial charge in [0, 0.05) is 24.2 Å². The molecule has 126 valence electrons. The Hall–Kier alpha value is -1.63. The summed E-state index contributed by atoms with van der Waals surface area (Å²) in [4.78, 5) is 31.6. The van der Waals surface area contributed by atoms with E-state index in [-0.39, 0.29) is 24.0 Å². The first-order valence-electron chi connectivity index (χ1n) is 8.14. The van der Waals surface area contributed by atoms with Crippen molar-refractivity contribution in [3.8, 4) is 0 Å². The Morgan fingerprint density at radius 1 is 1.43 bits per heavy atom. The van der Waals surface area contributed by atoms with Crippen molar-refractivity contribution in [3.05, 3.63) is 16.1 Å². The van der Waals surface area contributed by atoms with E-state index in [0.29, 0.717) is 19.0 Å². The lowest BCUT2D eigenvalue weighted by molar-refractivity contribution is -0.127. The molecule has 1 aliphatic heterocycles. The second kappa shape index (κ2) is 6.86. The first-order valence-corrected chi connectivity index (χ1v) is 8.95. The van der Waals surface area contributed by atoms with Gasteiger partial charge in [-0.15, -0.1) is 11.3 Å². The number of carbonyl (C=O) groups excluding carboxylic acids is 2. The van der Waals surface area contributed by atoms with Crippen molar-refractivity contribution < 1.29 is 14.3 Å². The molecular weight excluding hydrogens is 314 g/mol. The summed E-state index contributed by atoms with van der Waals surface area (Å²) >= 11 is 1.65. The lowest BCUT2D eigenvalue weighted by atomic mass is 9.97. The molecular formula is C16H23N3O3S. The monoisotopic (exact) mass is 337 g/mol. The molecule has 0 bridgehead atoms. The highest BCUT2D eigenvalue weighted by molar-refractivity contribution is 7.11. The molecule has 2 heterocycles. The summed E-state index contributed by atoms with van der Waals surface area (Å²) in [5, 5.41) is 4.19. The highest BCUT2D eigenvalue weighted by Gasteiger charge is 2.37. The topological polar surface area (TPSA) is 71.5 Å². The zero-order valence-corrected chi connectivity index (χ0v) is 14.4. The zero-order chi connectivity index (χ0) is 16.4. The van der Waals surface area contributed by atoms with Gasteiger partial charge in [0.15, 0.2) is 0 Å². The normalized spacial score (nSPS) is 22.5. The van der Waals surface area contributed by atoms with Gasteiger partial charge in [-0.2, -0.15) is 0 Å². The van der Waals surface area contributed by atoms with Gasteiger partial charge in [0.05, 0.1) is 19.1 Å². The van der Waals surface area contributed by atoms with Crippen LogP contribution in [0.4, 0.5) is 4.79 Å². The predicted octanol–water partition coefficient (Wildman–Crippen LogP) is 2.50. The minimum Gasteiger partial charge on any atom is -0.453 e. The maximum atomic E-state index is 12.7. The van der Waals surface area contributed by atoms with Crippen LogP contribution in [0.15, 0.2) is 6.20 Å². The van der Waals surface area contributed by atoms with E-state index in [1.807, 2.05) is 13.1 Å². The fourth-order valence-electron chi connectivity index (χ4n) is 3.08. The standard InChI is InChI=1S/C16H23N3O3S/c1-10-8-17-15(23-10)13(11-5-6-11)18-14(20)12-4-3-7-19(9-12)16(21)22-2/h8,11-13H,3-7,9H2,1-2H3,(H,18,20)/t12-,13+/m1/s1. The van der Waals surface area contributed by atoms with E-state index in [1.165, 1.54) is 7.11 Å². The molecule has 1 aromatic heterocycles. The third-order valence-electron chi connectivity index (χ3n) is 4.52. The third kappa shape index (κ3) is 3.83. The molecule has 23 heavy (non-hydrogen) atoms. The van der Waals surface area contributed by atoms with Crippen LogP contribution in [0.25, 0.3) is 0 Å². The van der Waals surface area contributed by atoms with Crippen LogP contribution in [0.1, 0.15) is 41.6 Å². The Kier molecular flexibility index (Phi) is 4.84. The van der Waals surface area contributed by atoms with Crippen molar-refractivity contribution in [2.24, 2.45) is 11.8 Å². The molecule has 2 atom stereocenters. The zero-order valence-electron chi connectivity index (χ0n) is 13.6. The van der Waals surface area contributed by atoms with Gasteiger partial charge in [-0.3, -0.25) is 4.79 Å². The summed E-state index contributed by atoms with van der Waals surface area (Å²) in [6, 6.07) is 0.0229. The highest BCUT2D eigenvalue weighted by Crippen LogP contribution is 2.42. The van der Waals surface area contributed by atoms with Crippen molar-refractivity contribution in [1.82, 2.24) is 15.2 Å². The average Bonchev–Trinajstić information content (AvgIpc) is 3.32. The van der Waals surface area contributed by atoms with Crippen LogP contribution in [0.2, 0.25) is 0 Å². The summed E-state index contributed by atoms with van der Waals surface area (Å²) in [5.41, 5.74) is 0. The molecule has 1 aromatic rings. The second-order valence-corrected chi connectivity index (χ2v) is 7.65. The fourth-order valence-corrected chi connectivity index (χ4v) is 4.00. The van der Waals surface area contributed by atoms with Crippen molar-refractivity contribution in [2.45, 2.75) is 38.6 Å². The molecule has 0 spiro atoms. The van der Waals surface area contributed by atoms with Gasteiger partial charge in [-0.05, 0) is 38.5 Å². The summed E-state index contributed by atoms with van der Waals surface area (Å²) in [7, 11) is 1.37. The van der Waals surface area contributed by atoms with E-state index in [1.54, 1.807) is 16.2 Å². The number of rotatable bonds is 4. The van der Waals surface area contributed by atoms with Gasteiger partial charge < -0.3 is 15.0 Å². The summed E-state index contributed by atoms with van der Waals surface area (Å²) in [5.74, 6) is 0.373. The summed E-state index contributed by atoms with van der Waals surface area (Å²) in [6.07, 6.45) is 5.44. The molecule has 1 N–H and O–H groups in total. The number of carbonyl (C=O) groups is 2. The van der Waals surface area contributed by atoms with E-state index in [2.05, 4.69) is 10.3 Å². The highest BCUT2D eigenvalue weighted by atomic mass is 32.1. The van der Waals surface area contributed by atoms with Crippen LogP contribution < -0.4 is 5.32 Å². The van der Waals surface area contributed by atoms with E-state index in [9.17, 15) is 9.59 Å². The molecule has 0 unspecified atom stereocenters. The second-order valence-electron chi connectivity index (χ2n) is 6.39. The Balaban J connectivity index is 1.63. The quantitative estimate of drug-likeness (QED) is 0.916. The Morgan fingerprint density at radius 3 is 2.83 bits per heavy atom. The van der Waals surface area contributed by atoms with Gasteiger partial charge in [-0.25, -0.2) is 9.78 Å². The number of hydrogen-bond acceptors (Lipinski definition) is 5. The first-order chi connectivity index (χ1) is 11.1. The number of thiazole rings is 1. The van der Waals surface area contributed by atoms with Crippen LogP contribution in [-0.4, -0.2) is 42.1 Å². The molecule has 0 radical (unpaired) electrons. The van der Waals surface area contributed by atoms with Crippen LogP contribution in [0.3, 0.4) is 0 Å². The number of amides is 2. The largest absolute Gasteiger partial charge is 0.453 e. The van der Waals surface area contributed by atoms with Crippen molar-refractivity contribution in [3.63, 3.8) is 0 Å². The molecule has 3 rings (SSSR count). The number of aromatic nitrogens is 1. The van der Waals surface area contributed by atoms with Gasteiger partial charge in [0.1, 0.15) is 5.01 Å². The van der Waals surface area contributed by atoms with Gasteiger partial charge >= 0.3 is 6.09 Å². The summed E-state index contributed by atoms with van der Waals surface area (Å²) in [6.45, 7) is 3.13. The molecule has 6 nitrogen and oxygen atoms in total. The number of likely N-dealkylation sites (tertiary alicyclic amines) is 1. The number of methoxy groups -OCH3 is 1. The van der Waals surface area contributed by atoms with E-state index < -0.39 is 0 Å². The van der Waals surface area contributed by atoms with Crippen molar-refractivity contribution in [2.75, 3.05) is 20.2 Å². The van der Waals surface area contributed by atoms with Gasteiger partial charge in [0.25, 0.3) is 0 Å². The lowest BCUT2D eigenvalue weighted by Crippen LogP contribution is -2.46. The fraction of sp³-hybridized carbons (Fsp3) is 0.688. The van der Waals surface area contributed by atoms with E-state index in [0.717, 1.165) is 35.6 Å². The number of piperidine rings is 1. The van der Waals surface area contributed by atoms with E-state index >= 15 is 0 Å². The minimum absolute atomic E-state index is 0.0229. The minimum atomic E-state index is -0.350. The Labute approximate surface area is 140 Å². The van der Waals surface area contributed by atoms with Crippen LogP contribution in [-0.2, 0) is 9.53 Å². The molecule has 7 heteroatoms. The predicted molar refractivity (Wildman–Crippen MR) is 87.2 cm³/mol. The molecule has 2 aliphatic rings. The maximum Gasteiger partial charge on any atom is 0.409 e. The maximum absolute atomic E-state index is 12.7. The van der Waals surface area contributed by atoms with Crippen molar-refractivity contribution >= 4 is 23.3 Å². The van der Waals surface area contributed by atoms with Gasteiger partial charge in [-0.1, -0.05) is 0 Å². The Bertz CT molecular complexity index is 585. The molecule has 2 amide bonds. The Morgan fingerprint density at radius 2 is 2.22 bits per heavy atom. The smallest absolute Gasteiger partial charge is 0.409 e. The van der Waals surface area contributed by atoms with E-state index in [4.69, 9.17) is 4.74 Å². The average molecular weight is 337 g/mol. The van der Waals surface area contributed by atoms with Crippen LogP contribution >= 0.6 is 11.3 Å². The molecule has 1 aliphatic carbocycles. The molecule has 1 saturated heterocycles. The number of nitrogens with one attached hydrogen (secondary N) is 1. The van der Waals surface area contributed by atoms with Crippen LogP contribution in [0, 0.1) is 18.8 Å². The number of nitrogens with zero attached hydrogens (tertiary/aromatic N) is 2. The SMILES string of the molecule is COC(=O)N1CCC[C@@H](C(=O)N[C@H](c2ncc(C)s2)C2CC2)C1. The molecule has 2 fully saturated rings. The van der Waals surface area contributed by atoms with Crippen LogP contribution in [0.5, 0.6) is 0 Å². The number of aryl methyl sites for hydroxylation is 1. The third-order valence-corrected chi connectivity index (χ3v) is 5.52. The number of hydrogen-bond donors (Lipinski definition) is 1. The van der Waals surface area contributed by atoms with Gasteiger partial charge in [0.2, 0.25) is 5.91 Å². The number of ether oxygens (including phenoxy) is 1. The van der Waals surface area contributed by atoms with Crippen molar-refractivity contribution in [1.29, 1.82) is 0 Å². The molecule has 1 saturated carbocycles.